The van der Waals surface area contributed by atoms with Gasteiger partial charge in [0.1, 0.15) is 35.2 Å². The van der Waals surface area contributed by atoms with Gasteiger partial charge in [0.2, 0.25) is 11.8 Å². The number of hydrogen-bond acceptors (Lipinski definition) is 8. The molecule has 3 aliphatic heterocycles. The molecule has 2 saturated heterocycles. The lowest BCUT2D eigenvalue weighted by molar-refractivity contribution is -0.138. The second kappa shape index (κ2) is 17.2. The highest BCUT2D eigenvalue weighted by Crippen LogP contribution is 2.50. The third-order valence-corrected chi connectivity index (χ3v) is 12.9. The van der Waals surface area contributed by atoms with E-state index in [2.05, 4.69) is 58.6 Å². The summed E-state index contributed by atoms with van der Waals surface area (Å²) in [5.74, 6) is 2.44. The van der Waals surface area contributed by atoms with Crippen molar-refractivity contribution in [1.29, 1.82) is 0 Å². The number of aromatic nitrogens is 4. The van der Waals surface area contributed by atoms with Gasteiger partial charge in [-0.1, -0.05) is 65.0 Å². The van der Waals surface area contributed by atoms with Crippen LogP contribution in [-0.4, -0.2) is 103 Å². The van der Waals surface area contributed by atoms with Crippen LogP contribution in [0, 0.1) is 11.8 Å². The zero-order chi connectivity index (χ0) is 44.0. The van der Waals surface area contributed by atoms with Crippen LogP contribution in [0.4, 0.5) is 9.59 Å². The van der Waals surface area contributed by atoms with Crippen molar-refractivity contribution in [1.82, 2.24) is 40.0 Å². The van der Waals surface area contributed by atoms with Crippen molar-refractivity contribution in [3.8, 4) is 34.0 Å². The van der Waals surface area contributed by atoms with Crippen LogP contribution >= 0.6 is 0 Å². The maximum atomic E-state index is 13.8. The Morgan fingerprint density at radius 3 is 2.05 bits per heavy atom. The van der Waals surface area contributed by atoms with Crippen molar-refractivity contribution >= 4 is 34.8 Å². The van der Waals surface area contributed by atoms with Crippen LogP contribution in [-0.2, 0) is 14.3 Å². The predicted molar refractivity (Wildman–Crippen MR) is 234 cm³/mol. The molecule has 5 heterocycles. The first-order valence-corrected chi connectivity index (χ1v) is 21.7. The molecule has 0 spiro atoms. The minimum Gasteiger partial charge on any atom is -0.465 e. The van der Waals surface area contributed by atoms with Crippen LogP contribution in [0.1, 0.15) is 108 Å². The molecule has 326 valence electrons. The van der Waals surface area contributed by atoms with Gasteiger partial charge >= 0.3 is 12.2 Å². The summed E-state index contributed by atoms with van der Waals surface area (Å²) in [6, 6.07) is 14.8. The number of amides is 4. The number of imidazole rings is 2. The summed E-state index contributed by atoms with van der Waals surface area (Å²) < 4.78 is 11.5. The van der Waals surface area contributed by atoms with E-state index in [-0.39, 0.29) is 41.7 Å². The van der Waals surface area contributed by atoms with Gasteiger partial charge in [-0.15, -0.1) is 0 Å². The molecule has 2 fully saturated rings. The average molecular weight is 845 g/mol. The Morgan fingerprint density at radius 1 is 0.855 bits per heavy atom. The minimum atomic E-state index is -1.13. The maximum Gasteiger partial charge on any atom is 0.407 e. The van der Waals surface area contributed by atoms with Crippen molar-refractivity contribution in [3.63, 3.8) is 0 Å². The van der Waals surface area contributed by atoms with Crippen LogP contribution in [0.5, 0.6) is 11.5 Å². The number of likely N-dealkylation sites (tertiary alicyclic amines) is 2. The number of H-pyrrole nitrogens is 2. The number of alkyl carbamates (subject to hydrolysis) is 1. The van der Waals surface area contributed by atoms with E-state index in [4.69, 9.17) is 19.4 Å². The van der Waals surface area contributed by atoms with Gasteiger partial charge in [-0.2, -0.15) is 0 Å². The van der Waals surface area contributed by atoms with E-state index < -0.39 is 24.3 Å². The lowest BCUT2D eigenvalue weighted by Gasteiger charge is -2.33. The van der Waals surface area contributed by atoms with Crippen LogP contribution in [0.15, 0.2) is 60.9 Å². The van der Waals surface area contributed by atoms with Gasteiger partial charge < -0.3 is 39.7 Å². The number of benzene rings is 3. The summed E-state index contributed by atoms with van der Waals surface area (Å²) in [7, 11) is 2.74. The summed E-state index contributed by atoms with van der Waals surface area (Å²) in [5.41, 5.74) is 5.80. The normalized spacial score (nSPS) is 19.3. The van der Waals surface area contributed by atoms with Gasteiger partial charge in [-0.3, -0.25) is 14.5 Å². The number of likely N-dealkylation sites (N-methyl/N-ethyl adjacent to an activating group) is 1. The van der Waals surface area contributed by atoms with Crippen LogP contribution in [0.3, 0.4) is 0 Å². The molecule has 0 bridgehead atoms. The molecule has 0 saturated carbocycles. The number of methoxy groups -OCH3 is 1. The van der Waals surface area contributed by atoms with Gasteiger partial charge in [-0.05, 0) is 72.9 Å². The molecule has 4 amide bonds. The van der Waals surface area contributed by atoms with Crippen LogP contribution in [0.2, 0.25) is 0 Å². The number of rotatable bonds is 11. The number of aromatic amines is 2. The Kier molecular flexibility index (Phi) is 11.7. The predicted octanol–water partition coefficient (Wildman–Crippen LogP) is 8.61. The van der Waals surface area contributed by atoms with E-state index >= 15 is 0 Å². The molecule has 0 aliphatic carbocycles. The van der Waals surface area contributed by atoms with E-state index in [0.717, 1.165) is 98.7 Å². The van der Waals surface area contributed by atoms with E-state index in [0.29, 0.717) is 18.9 Å². The Hall–Kier alpha value is -6.38. The standard InChI is InChI=1S/C47H56N8O7/c1-8-30-32-17-14-29(34-24-49-43(51-34)36-12-10-20-55(36)45(57)41(26(4)5)53(6)47(59)60)22-38(32)62-37-18-15-27-21-28(13-16-31(27)39(30)37)33-23-48-42(50-33)35-11-9-19-54(35)44(56)40(25(2)3)52-46(58)61-7/h13-18,21-26,30,35-36,40-41H,8-12,19-20H2,1-7H3,(H,48,50)(H,49,51)(H,52,58)(H,59,60)/t30?,35-,36-,40?,41?/m0/s1. The molecule has 5 aromatic rings. The molecule has 3 unspecified atom stereocenters. The molecule has 2 aromatic heterocycles. The number of nitrogens with one attached hydrogen (secondary N) is 3. The number of hydrogen-bond donors (Lipinski definition) is 4. The second-order valence-corrected chi connectivity index (χ2v) is 17.4. The zero-order valence-corrected chi connectivity index (χ0v) is 36.4. The Bertz CT molecular complexity index is 2510. The van der Waals surface area contributed by atoms with Crippen LogP contribution < -0.4 is 10.1 Å². The minimum absolute atomic E-state index is 0.0959. The molecule has 15 nitrogen and oxygen atoms in total. The maximum absolute atomic E-state index is 13.8. The monoisotopic (exact) mass is 844 g/mol. The van der Waals surface area contributed by atoms with Crippen molar-refractivity contribution in [2.24, 2.45) is 11.8 Å². The number of ether oxygens (including phenoxy) is 2. The highest BCUT2D eigenvalue weighted by atomic mass is 16.5. The van der Waals surface area contributed by atoms with Crippen molar-refractivity contribution in [2.75, 3.05) is 27.2 Å². The summed E-state index contributed by atoms with van der Waals surface area (Å²) in [5, 5.41) is 14.6. The number of fused-ring (bicyclic) bond motifs is 4. The molecule has 3 aromatic carbocycles. The molecular formula is C47H56N8O7. The molecule has 4 N–H and O–H groups in total. The van der Waals surface area contributed by atoms with Crippen molar-refractivity contribution < 1.29 is 33.8 Å². The van der Waals surface area contributed by atoms with Crippen molar-refractivity contribution in [3.05, 3.63) is 83.7 Å². The largest absolute Gasteiger partial charge is 0.465 e. The number of carbonyl (C=O) groups is 4. The molecule has 0 radical (unpaired) electrons. The van der Waals surface area contributed by atoms with Gasteiger partial charge in [0.25, 0.3) is 0 Å². The Morgan fingerprint density at radius 2 is 1.47 bits per heavy atom. The lowest BCUT2D eigenvalue weighted by Crippen LogP contribution is -2.51. The quantitative estimate of drug-likeness (QED) is 0.101. The number of nitrogens with zero attached hydrogens (tertiary/aromatic N) is 5. The van der Waals surface area contributed by atoms with Gasteiger partial charge in [0.05, 0.1) is 43.0 Å². The zero-order valence-electron chi connectivity index (χ0n) is 36.4. The third-order valence-electron chi connectivity index (χ3n) is 12.9. The fourth-order valence-corrected chi connectivity index (χ4v) is 9.73. The Balaban J connectivity index is 1.01. The summed E-state index contributed by atoms with van der Waals surface area (Å²) in [6.07, 6.45) is 5.87. The topological polar surface area (TPSA) is 186 Å². The number of carboxylic acid groups (broad SMARTS) is 1. The van der Waals surface area contributed by atoms with Gasteiger partial charge in [0, 0.05) is 48.3 Å². The van der Waals surface area contributed by atoms with E-state index in [1.165, 1.54) is 14.2 Å². The Labute approximate surface area is 361 Å². The third kappa shape index (κ3) is 7.73. The van der Waals surface area contributed by atoms with E-state index in [1.54, 1.807) is 11.1 Å². The summed E-state index contributed by atoms with van der Waals surface area (Å²) in [6.45, 7) is 10.9. The first-order chi connectivity index (χ1) is 29.8. The first-order valence-electron chi connectivity index (χ1n) is 21.7. The molecule has 3 aliphatic rings. The van der Waals surface area contributed by atoms with Crippen LogP contribution in [0.25, 0.3) is 33.3 Å². The fraction of sp³-hybridized carbons (Fsp3) is 0.447. The molecule has 62 heavy (non-hydrogen) atoms. The van der Waals surface area contributed by atoms with Gasteiger partial charge in [-0.25, -0.2) is 19.6 Å². The van der Waals surface area contributed by atoms with E-state index in [1.807, 2.05) is 50.9 Å². The SMILES string of the molecule is CCC1c2ccc(-c3cnc([C@@H]4CCCN4C(=O)C(C(C)C)N(C)C(=O)O)[nH]3)cc2Oc2ccc3cc(-c4cnc([C@@H]5CCCN5C(=O)C(NC(=O)OC)C(C)C)[nH]4)ccc3c21. The average Bonchev–Trinajstić information content (AvgIpc) is 4.11. The second-order valence-electron chi connectivity index (χ2n) is 17.4. The highest BCUT2D eigenvalue weighted by molar-refractivity contribution is 5.93. The molecular weight excluding hydrogens is 789 g/mol. The van der Waals surface area contributed by atoms with E-state index in [9.17, 15) is 24.3 Å². The molecule has 8 rings (SSSR count). The van der Waals surface area contributed by atoms with Gasteiger partial charge in [0.15, 0.2) is 0 Å². The summed E-state index contributed by atoms with van der Waals surface area (Å²) >= 11 is 0. The number of carbonyl (C=O) groups excluding carboxylic acids is 3. The fourth-order valence-electron chi connectivity index (χ4n) is 9.73. The lowest BCUT2D eigenvalue weighted by atomic mass is 9.82. The molecule has 5 atom stereocenters. The highest BCUT2D eigenvalue weighted by Gasteiger charge is 2.40. The van der Waals surface area contributed by atoms with Crippen molar-refractivity contribution in [2.45, 2.75) is 96.8 Å². The molecule has 15 heteroatoms. The first kappa shape index (κ1) is 42.3. The smallest absolute Gasteiger partial charge is 0.407 e. The summed E-state index contributed by atoms with van der Waals surface area (Å²) in [4.78, 5) is 72.5.